The van der Waals surface area contributed by atoms with Crippen LogP contribution in [0.5, 0.6) is 23.0 Å². The Labute approximate surface area is 158 Å². The van der Waals surface area contributed by atoms with Crippen molar-refractivity contribution in [2.45, 2.75) is 6.92 Å². The molecule has 0 aliphatic carbocycles. The van der Waals surface area contributed by atoms with E-state index in [1.54, 1.807) is 18.2 Å². The summed E-state index contributed by atoms with van der Waals surface area (Å²) in [4.78, 5) is 12.4. The molecule has 0 unspecified atom stereocenters. The maximum absolute atomic E-state index is 12.4. The van der Waals surface area contributed by atoms with E-state index in [1.165, 1.54) is 21.3 Å². The highest BCUT2D eigenvalue weighted by atomic mass is 35.5. The molecule has 1 amide bonds. The summed E-state index contributed by atoms with van der Waals surface area (Å²) in [5.74, 6) is 1.66. The molecule has 6 nitrogen and oxygen atoms in total. The predicted molar refractivity (Wildman–Crippen MR) is 100 cm³/mol. The number of hydrogen-bond acceptors (Lipinski definition) is 5. The van der Waals surface area contributed by atoms with Crippen LogP contribution in [0, 0.1) is 6.92 Å². The minimum Gasteiger partial charge on any atom is -0.493 e. The topological polar surface area (TPSA) is 66.0 Å². The molecule has 140 valence electrons. The Balaban J connectivity index is 1.96. The van der Waals surface area contributed by atoms with Gasteiger partial charge < -0.3 is 24.3 Å². The van der Waals surface area contributed by atoms with Crippen LogP contribution in [-0.4, -0.2) is 40.4 Å². The summed E-state index contributed by atoms with van der Waals surface area (Å²) in [7, 11) is 4.51. The van der Waals surface area contributed by atoms with Crippen LogP contribution in [0.2, 0.25) is 5.02 Å². The summed E-state index contributed by atoms with van der Waals surface area (Å²) in [5.41, 5.74) is 1.38. The van der Waals surface area contributed by atoms with Crippen molar-refractivity contribution < 1.29 is 23.7 Å². The van der Waals surface area contributed by atoms with Gasteiger partial charge in [-0.05, 0) is 36.8 Å². The Morgan fingerprint density at radius 2 is 1.69 bits per heavy atom. The molecular formula is C19H22ClNO5. The highest BCUT2D eigenvalue weighted by molar-refractivity contribution is 6.31. The van der Waals surface area contributed by atoms with Gasteiger partial charge in [0, 0.05) is 10.6 Å². The summed E-state index contributed by atoms with van der Waals surface area (Å²) in [6.07, 6.45) is 0. The van der Waals surface area contributed by atoms with Crippen LogP contribution >= 0.6 is 11.6 Å². The van der Waals surface area contributed by atoms with E-state index >= 15 is 0 Å². The van der Waals surface area contributed by atoms with E-state index in [1.807, 2.05) is 19.1 Å². The quantitative estimate of drug-likeness (QED) is 0.711. The SMILES string of the molecule is COc1cc(C(=O)NCCOc2ccc(C)c(Cl)c2)cc(OC)c1OC. The molecule has 0 atom stereocenters. The maximum atomic E-state index is 12.4. The average Bonchev–Trinajstić information content (AvgIpc) is 2.66. The van der Waals surface area contributed by atoms with Gasteiger partial charge in [-0.1, -0.05) is 17.7 Å². The van der Waals surface area contributed by atoms with Crippen molar-refractivity contribution in [3.05, 3.63) is 46.5 Å². The van der Waals surface area contributed by atoms with E-state index in [0.29, 0.717) is 46.7 Å². The molecule has 0 aliphatic rings. The average molecular weight is 380 g/mol. The number of amides is 1. The third-order valence-electron chi connectivity index (χ3n) is 3.73. The zero-order valence-corrected chi connectivity index (χ0v) is 16.0. The van der Waals surface area contributed by atoms with Gasteiger partial charge in [-0.2, -0.15) is 0 Å². The lowest BCUT2D eigenvalue weighted by atomic mass is 10.1. The van der Waals surface area contributed by atoms with Gasteiger partial charge in [0.05, 0.1) is 27.9 Å². The van der Waals surface area contributed by atoms with Gasteiger partial charge in [-0.3, -0.25) is 4.79 Å². The number of ether oxygens (including phenoxy) is 4. The fourth-order valence-corrected chi connectivity index (χ4v) is 2.48. The molecular weight excluding hydrogens is 358 g/mol. The lowest BCUT2D eigenvalue weighted by Gasteiger charge is -2.14. The molecule has 0 radical (unpaired) electrons. The van der Waals surface area contributed by atoms with Crippen molar-refractivity contribution in [2.75, 3.05) is 34.5 Å². The number of carbonyl (C=O) groups excluding carboxylic acids is 1. The van der Waals surface area contributed by atoms with Crippen LogP contribution in [-0.2, 0) is 0 Å². The van der Waals surface area contributed by atoms with E-state index in [0.717, 1.165) is 5.56 Å². The summed E-state index contributed by atoms with van der Waals surface area (Å²) in [6, 6.07) is 8.65. The van der Waals surface area contributed by atoms with Gasteiger partial charge >= 0.3 is 0 Å². The molecule has 0 bridgehead atoms. The fourth-order valence-electron chi connectivity index (χ4n) is 2.31. The highest BCUT2D eigenvalue weighted by Crippen LogP contribution is 2.38. The van der Waals surface area contributed by atoms with Gasteiger partial charge in [0.1, 0.15) is 12.4 Å². The minimum absolute atomic E-state index is 0.269. The van der Waals surface area contributed by atoms with Gasteiger partial charge in [0.15, 0.2) is 11.5 Å². The van der Waals surface area contributed by atoms with Crippen molar-refractivity contribution in [1.82, 2.24) is 5.32 Å². The van der Waals surface area contributed by atoms with Gasteiger partial charge in [-0.25, -0.2) is 0 Å². The molecule has 2 aromatic carbocycles. The molecule has 0 saturated heterocycles. The fraction of sp³-hybridized carbons (Fsp3) is 0.316. The molecule has 0 fully saturated rings. The Kier molecular flexibility index (Phi) is 6.97. The van der Waals surface area contributed by atoms with Crippen LogP contribution in [0.1, 0.15) is 15.9 Å². The number of halogens is 1. The van der Waals surface area contributed by atoms with Crippen molar-refractivity contribution in [3.63, 3.8) is 0 Å². The Hall–Kier alpha value is -2.60. The first-order valence-electron chi connectivity index (χ1n) is 7.97. The molecule has 0 saturated carbocycles. The molecule has 0 aromatic heterocycles. The molecule has 0 heterocycles. The van der Waals surface area contributed by atoms with Crippen molar-refractivity contribution in [3.8, 4) is 23.0 Å². The lowest BCUT2D eigenvalue weighted by molar-refractivity contribution is 0.0946. The van der Waals surface area contributed by atoms with E-state index in [9.17, 15) is 4.79 Å². The molecule has 0 spiro atoms. The summed E-state index contributed by atoms with van der Waals surface area (Å²) < 4.78 is 21.3. The van der Waals surface area contributed by atoms with E-state index in [2.05, 4.69) is 5.32 Å². The highest BCUT2D eigenvalue weighted by Gasteiger charge is 2.16. The number of rotatable bonds is 8. The first-order chi connectivity index (χ1) is 12.5. The monoisotopic (exact) mass is 379 g/mol. The molecule has 0 aliphatic heterocycles. The second-order valence-corrected chi connectivity index (χ2v) is 5.84. The van der Waals surface area contributed by atoms with Gasteiger partial charge in [0.2, 0.25) is 5.75 Å². The van der Waals surface area contributed by atoms with Gasteiger partial charge in [-0.15, -0.1) is 0 Å². The van der Waals surface area contributed by atoms with Crippen LogP contribution in [0.15, 0.2) is 30.3 Å². The largest absolute Gasteiger partial charge is 0.493 e. The maximum Gasteiger partial charge on any atom is 0.251 e. The predicted octanol–water partition coefficient (Wildman–Crippen LogP) is 3.48. The number of carbonyl (C=O) groups is 1. The van der Waals surface area contributed by atoms with Crippen LogP contribution in [0.25, 0.3) is 0 Å². The van der Waals surface area contributed by atoms with Crippen molar-refractivity contribution in [2.24, 2.45) is 0 Å². The third kappa shape index (κ3) is 4.73. The molecule has 2 aromatic rings. The first-order valence-corrected chi connectivity index (χ1v) is 8.35. The number of hydrogen-bond donors (Lipinski definition) is 1. The molecule has 1 N–H and O–H groups in total. The number of nitrogens with one attached hydrogen (secondary N) is 1. The Morgan fingerprint density at radius 1 is 1.04 bits per heavy atom. The van der Waals surface area contributed by atoms with Crippen molar-refractivity contribution >= 4 is 17.5 Å². The summed E-state index contributed by atoms with van der Waals surface area (Å²) in [5, 5.41) is 3.43. The number of benzene rings is 2. The molecule has 7 heteroatoms. The minimum atomic E-state index is -0.269. The van der Waals surface area contributed by atoms with E-state index in [4.69, 9.17) is 30.5 Å². The smallest absolute Gasteiger partial charge is 0.251 e. The van der Waals surface area contributed by atoms with Crippen molar-refractivity contribution in [1.29, 1.82) is 0 Å². The van der Waals surface area contributed by atoms with E-state index < -0.39 is 0 Å². The molecule has 2 rings (SSSR count). The zero-order chi connectivity index (χ0) is 19.1. The second kappa shape index (κ2) is 9.20. The Morgan fingerprint density at radius 3 is 2.23 bits per heavy atom. The normalized spacial score (nSPS) is 10.2. The summed E-state index contributed by atoms with van der Waals surface area (Å²) >= 11 is 6.06. The van der Waals surface area contributed by atoms with E-state index in [-0.39, 0.29) is 5.91 Å². The number of methoxy groups -OCH3 is 3. The standard InChI is InChI=1S/C19H22ClNO5/c1-12-5-6-14(11-15(12)20)26-8-7-21-19(22)13-9-16(23-2)18(25-4)17(10-13)24-3/h5-6,9-11H,7-8H2,1-4H3,(H,21,22). The lowest BCUT2D eigenvalue weighted by Crippen LogP contribution is -2.28. The van der Waals surface area contributed by atoms with Crippen LogP contribution in [0.3, 0.4) is 0 Å². The third-order valence-corrected chi connectivity index (χ3v) is 4.13. The van der Waals surface area contributed by atoms with Gasteiger partial charge in [0.25, 0.3) is 5.91 Å². The first kappa shape index (κ1) is 19.7. The summed E-state index contributed by atoms with van der Waals surface area (Å²) in [6.45, 7) is 2.57. The zero-order valence-electron chi connectivity index (χ0n) is 15.2. The molecule has 26 heavy (non-hydrogen) atoms. The van der Waals surface area contributed by atoms with Crippen LogP contribution < -0.4 is 24.3 Å². The number of aryl methyl sites for hydroxylation is 1. The van der Waals surface area contributed by atoms with Crippen LogP contribution in [0.4, 0.5) is 0 Å². The Bertz CT molecular complexity index is 754. The second-order valence-electron chi connectivity index (χ2n) is 5.43.